The van der Waals surface area contributed by atoms with Crippen LogP contribution in [0.3, 0.4) is 0 Å². The third-order valence-corrected chi connectivity index (χ3v) is 3.92. The van der Waals surface area contributed by atoms with E-state index < -0.39 is 0 Å². The third-order valence-electron chi connectivity index (χ3n) is 3.18. The van der Waals surface area contributed by atoms with Crippen molar-refractivity contribution in [2.24, 2.45) is 0 Å². The van der Waals surface area contributed by atoms with Crippen molar-refractivity contribution in [1.82, 2.24) is 5.32 Å². The number of amides is 1. The summed E-state index contributed by atoms with van der Waals surface area (Å²) in [7, 11) is 0. The first-order chi connectivity index (χ1) is 10.1. The van der Waals surface area contributed by atoms with E-state index in [0.717, 1.165) is 5.56 Å². The summed E-state index contributed by atoms with van der Waals surface area (Å²) in [4.78, 5) is 12.1. The van der Waals surface area contributed by atoms with Crippen molar-refractivity contribution in [2.45, 2.75) is 5.92 Å². The summed E-state index contributed by atoms with van der Waals surface area (Å²) in [5.74, 6) is -0.388. The Morgan fingerprint density at radius 2 is 1.81 bits per heavy atom. The van der Waals surface area contributed by atoms with E-state index in [2.05, 4.69) is 5.32 Å². The Hall–Kier alpha value is -1.55. The van der Waals surface area contributed by atoms with E-state index in [4.69, 9.17) is 23.2 Å². The van der Waals surface area contributed by atoms with Gasteiger partial charge in [0.2, 0.25) is 0 Å². The van der Waals surface area contributed by atoms with Gasteiger partial charge < -0.3 is 10.4 Å². The lowest BCUT2D eigenvalue weighted by Crippen LogP contribution is -2.29. The van der Waals surface area contributed by atoms with Gasteiger partial charge in [0, 0.05) is 18.0 Å². The second-order valence-corrected chi connectivity index (χ2v) is 5.44. The van der Waals surface area contributed by atoms with E-state index in [9.17, 15) is 9.90 Å². The highest BCUT2D eigenvalue weighted by atomic mass is 35.5. The molecule has 0 aromatic heterocycles. The topological polar surface area (TPSA) is 49.3 Å². The van der Waals surface area contributed by atoms with Crippen LogP contribution in [-0.2, 0) is 0 Å². The maximum Gasteiger partial charge on any atom is 0.251 e. The van der Waals surface area contributed by atoms with Crippen molar-refractivity contribution in [3.8, 4) is 0 Å². The van der Waals surface area contributed by atoms with Gasteiger partial charge >= 0.3 is 0 Å². The van der Waals surface area contributed by atoms with Gasteiger partial charge in [0.05, 0.1) is 16.7 Å². The molecule has 110 valence electrons. The fourth-order valence-corrected chi connectivity index (χ4v) is 2.27. The second kappa shape index (κ2) is 7.46. The molecule has 2 aromatic rings. The van der Waals surface area contributed by atoms with E-state index in [-0.39, 0.29) is 18.4 Å². The normalized spacial score (nSPS) is 12.0. The van der Waals surface area contributed by atoms with E-state index in [1.54, 1.807) is 12.1 Å². The van der Waals surface area contributed by atoms with Crippen molar-refractivity contribution in [3.63, 3.8) is 0 Å². The number of nitrogens with one attached hydrogen (secondary N) is 1. The summed E-state index contributed by atoms with van der Waals surface area (Å²) in [5.41, 5.74) is 1.42. The van der Waals surface area contributed by atoms with Crippen molar-refractivity contribution in [1.29, 1.82) is 0 Å². The molecule has 2 rings (SSSR count). The Balaban J connectivity index is 2.01. The molecule has 1 unspecified atom stereocenters. The molecule has 0 radical (unpaired) electrons. The maximum absolute atomic E-state index is 12.1. The number of rotatable bonds is 5. The molecule has 2 aromatic carbocycles. The van der Waals surface area contributed by atoms with E-state index in [1.807, 2.05) is 30.3 Å². The number of benzene rings is 2. The average Bonchev–Trinajstić information content (AvgIpc) is 2.51. The van der Waals surface area contributed by atoms with Crippen LogP contribution in [-0.4, -0.2) is 24.2 Å². The van der Waals surface area contributed by atoms with E-state index in [0.29, 0.717) is 22.2 Å². The fourth-order valence-electron chi connectivity index (χ4n) is 1.97. The second-order valence-electron chi connectivity index (χ2n) is 4.63. The molecule has 0 aliphatic carbocycles. The number of aliphatic hydroxyl groups is 1. The molecule has 3 nitrogen and oxygen atoms in total. The molecule has 0 aliphatic heterocycles. The van der Waals surface area contributed by atoms with Crippen LogP contribution in [0.5, 0.6) is 0 Å². The van der Waals surface area contributed by atoms with Crippen molar-refractivity contribution >= 4 is 29.1 Å². The predicted molar refractivity (Wildman–Crippen MR) is 85.1 cm³/mol. The lowest BCUT2D eigenvalue weighted by molar-refractivity contribution is 0.0947. The molecule has 5 heteroatoms. The van der Waals surface area contributed by atoms with Gasteiger partial charge in [-0.2, -0.15) is 0 Å². The van der Waals surface area contributed by atoms with Crippen LogP contribution in [0, 0.1) is 0 Å². The van der Waals surface area contributed by atoms with Crippen LogP contribution in [0.25, 0.3) is 0 Å². The minimum absolute atomic E-state index is 0.0360. The average molecular weight is 324 g/mol. The SMILES string of the molecule is O=C(NCC(CO)c1ccccc1)c1ccc(Cl)c(Cl)c1. The first-order valence-corrected chi connectivity index (χ1v) is 7.26. The Bertz CT molecular complexity index is 617. The van der Waals surface area contributed by atoms with Gasteiger partial charge in [-0.1, -0.05) is 53.5 Å². The summed E-state index contributed by atoms with van der Waals surface area (Å²) in [6, 6.07) is 14.3. The molecule has 0 saturated carbocycles. The number of hydrogen-bond donors (Lipinski definition) is 2. The van der Waals surface area contributed by atoms with Gasteiger partial charge in [-0.25, -0.2) is 0 Å². The molecular weight excluding hydrogens is 309 g/mol. The van der Waals surface area contributed by atoms with Crippen molar-refractivity contribution in [2.75, 3.05) is 13.2 Å². The Kier molecular flexibility index (Phi) is 5.62. The van der Waals surface area contributed by atoms with Crippen LogP contribution in [0.2, 0.25) is 10.0 Å². The molecule has 0 spiro atoms. The fraction of sp³-hybridized carbons (Fsp3) is 0.188. The Morgan fingerprint density at radius 1 is 1.10 bits per heavy atom. The van der Waals surface area contributed by atoms with Gasteiger partial charge in [0.25, 0.3) is 5.91 Å². The third kappa shape index (κ3) is 4.21. The molecule has 1 amide bonds. The van der Waals surface area contributed by atoms with Crippen molar-refractivity contribution < 1.29 is 9.90 Å². The highest BCUT2D eigenvalue weighted by Gasteiger charge is 2.13. The van der Waals surface area contributed by atoms with Gasteiger partial charge in [-0.05, 0) is 23.8 Å². The first-order valence-electron chi connectivity index (χ1n) is 6.51. The summed E-state index contributed by atoms with van der Waals surface area (Å²) < 4.78 is 0. The molecule has 1 atom stereocenters. The number of aliphatic hydroxyl groups excluding tert-OH is 1. The highest BCUT2D eigenvalue weighted by molar-refractivity contribution is 6.42. The van der Waals surface area contributed by atoms with Gasteiger partial charge in [0.1, 0.15) is 0 Å². The van der Waals surface area contributed by atoms with Crippen LogP contribution in [0.1, 0.15) is 21.8 Å². The first kappa shape index (κ1) is 15.8. The molecule has 2 N–H and O–H groups in total. The van der Waals surface area contributed by atoms with Crippen LogP contribution >= 0.6 is 23.2 Å². The van der Waals surface area contributed by atoms with Crippen molar-refractivity contribution in [3.05, 3.63) is 69.7 Å². The molecule has 0 aliphatic rings. The smallest absolute Gasteiger partial charge is 0.251 e. The molecule has 0 bridgehead atoms. The predicted octanol–water partition coefficient (Wildman–Crippen LogP) is 3.50. The van der Waals surface area contributed by atoms with Crippen LogP contribution < -0.4 is 5.32 Å². The molecule has 0 heterocycles. The van der Waals surface area contributed by atoms with Gasteiger partial charge in [-0.3, -0.25) is 4.79 Å². The maximum atomic E-state index is 12.1. The summed E-state index contributed by atoms with van der Waals surface area (Å²) in [6.45, 7) is 0.311. The lowest BCUT2D eigenvalue weighted by atomic mass is 10.00. The molecular formula is C16H15Cl2NO2. The summed E-state index contributed by atoms with van der Waals surface area (Å²) in [5, 5.41) is 13.0. The largest absolute Gasteiger partial charge is 0.396 e. The molecule has 0 saturated heterocycles. The minimum Gasteiger partial charge on any atom is -0.396 e. The van der Waals surface area contributed by atoms with Gasteiger partial charge in [-0.15, -0.1) is 0 Å². The van der Waals surface area contributed by atoms with Crippen LogP contribution in [0.4, 0.5) is 0 Å². The van der Waals surface area contributed by atoms with Gasteiger partial charge in [0.15, 0.2) is 0 Å². The highest BCUT2D eigenvalue weighted by Crippen LogP contribution is 2.22. The lowest BCUT2D eigenvalue weighted by Gasteiger charge is -2.15. The Labute approximate surface area is 133 Å². The monoisotopic (exact) mass is 323 g/mol. The number of carbonyl (C=O) groups is 1. The zero-order valence-corrected chi connectivity index (χ0v) is 12.7. The zero-order valence-electron chi connectivity index (χ0n) is 11.2. The minimum atomic E-state index is -0.247. The molecule has 21 heavy (non-hydrogen) atoms. The summed E-state index contributed by atoms with van der Waals surface area (Å²) >= 11 is 11.7. The standard InChI is InChI=1S/C16H15Cl2NO2/c17-14-7-6-12(8-15(14)18)16(21)19-9-13(10-20)11-4-2-1-3-5-11/h1-8,13,20H,9-10H2,(H,19,21). The number of halogens is 2. The summed E-state index contributed by atoms with van der Waals surface area (Å²) in [6.07, 6.45) is 0. The quantitative estimate of drug-likeness (QED) is 0.884. The Morgan fingerprint density at radius 3 is 2.43 bits per heavy atom. The van der Waals surface area contributed by atoms with E-state index in [1.165, 1.54) is 6.07 Å². The molecule has 0 fully saturated rings. The zero-order chi connectivity index (χ0) is 15.2. The number of carbonyl (C=O) groups excluding carboxylic acids is 1. The number of hydrogen-bond acceptors (Lipinski definition) is 2. The van der Waals surface area contributed by atoms with Crippen LogP contribution in [0.15, 0.2) is 48.5 Å². The van der Waals surface area contributed by atoms with E-state index >= 15 is 0 Å².